The normalized spacial score (nSPS) is 30.9. The third-order valence-corrected chi connectivity index (χ3v) is 8.91. The van der Waals surface area contributed by atoms with E-state index in [4.69, 9.17) is 0 Å². The van der Waals surface area contributed by atoms with Crippen LogP contribution in [0, 0.1) is 29.1 Å². The van der Waals surface area contributed by atoms with Crippen molar-refractivity contribution in [2.24, 2.45) is 29.1 Å². The summed E-state index contributed by atoms with van der Waals surface area (Å²) in [5, 5.41) is 6.31. The Morgan fingerprint density at radius 2 is 1.60 bits per heavy atom. The van der Waals surface area contributed by atoms with Crippen molar-refractivity contribution in [3.8, 4) is 0 Å². The number of nitrogens with one attached hydrogen (secondary N) is 2. The van der Waals surface area contributed by atoms with Gasteiger partial charge in [0.1, 0.15) is 6.04 Å². The first kappa shape index (κ1) is 24.5. The van der Waals surface area contributed by atoms with Crippen LogP contribution in [-0.2, 0) is 9.59 Å². The van der Waals surface area contributed by atoms with Crippen molar-refractivity contribution in [1.82, 2.24) is 25.5 Å². The van der Waals surface area contributed by atoms with Gasteiger partial charge in [-0.3, -0.25) is 14.5 Å². The first-order chi connectivity index (χ1) is 16.9. The summed E-state index contributed by atoms with van der Waals surface area (Å²) in [6.07, 6.45) is 11.5. The van der Waals surface area contributed by atoms with Gasteiger partial charge in [-0.15, -0.1) is 0 Å². The quantitative estimate of drug-likeness (QED) is 0.526. The van der Waals surface area contributed by atoms with E-state index < -0.39 is 6.04 Å². The maximum atomic E-state index is 13.5. The molecule has 1 atom stereocenters. The van der Waals surface area contributed by atoms with Crippen LogP contribution in [0.1, 0.15) is 58.8 Å². The topological polar surface area (TPSA) is 90.5 Å². The summed E-state index contributed by atoms with van der Waals surface area (Å²) in [6.45, 7) is 9.43. The first-order valence-electron chi connectivity index (χ1n) is 13.7. The average molecular weight is 483 g/mol. The van der Waals surface area contributed by atoms with Crippen molar-refractivity contribution in [2.45, 2.75) is 64.8 Å². The minimum atomic E-state index is -0.454. The van der Waals surface area contributed by atoms with Gasteiger partial charge < -0.3 is 15.5 Å². The minimum Gasteiger partial charge on any atom is -0.354 e. The van der Waals surface area contributed by atoms with E-state index in [1.807, 2.05) is 19.9 Å². The zero-order valence-corrected chi connectivity index (χ0v) is 21.4. The van der Waals surface area contributed by atoms with Gasteiger partial charge in [-0.25, -0.2) is 9.97 Å². The molecule has 8 nitrogen and oxygen atoms in total. The number of hydrogen-bond acceptors (Lipinski definition) is 6. The third-order valence-electron chi connectivity index (χ3n) is 8.91. The predicted octanol–water partition coefficient (Wildman–Crippen LogP) is 2.46. The van der Waals surface area contributed by atoms with Gasteiger partial charge in [0.25, 0.3) is 0 Å². The number of aromatic nitrogens is 2. The SMILES string of the molecule is CC(C)[C@H](NC(=O)C12CC3CC(CC(C3)C1)C2)C(=O)NCCCN1CCN(c2ncccn2)CC1. The molecule has 4 saturated carbocycles. The highest BCUT2D eigenvalue weighted by atomic mass is 16.2. The van der Waals surface area contributed by atoms with Gasteiger partial charge in [-0.1, -0.05) is 13.8 Å². The van der Waals surface area contributed by atoms with Crippen LogP contribution >= 0.6 is 0 Å². The second kappa shape index (κ2) is 10.4. The summed E-state index contributed by atoms with van der Waals surface area (Å²) in [6, 6.07) is 1.39. The van der Waals surface area contributed by atoms with Crippen molar-refractivity contribution in [3.05, 3.63) is 18.5 Å². The maximum Gasteiger partial charge on any atom is 0.242 e. The van der Waals surface area contributed by atoms with Gasteiger partial charge in [0.05, 0.1) is 0 Å². The second-order valence-electron chi connectivity index (χ2n) is 11.9. The molecule has 1 aromatic rings. The molecule has 8 heteroatoms. The van der Waals surface area contributed by atoms with Gasteiger partial charge in [-0.05, 0) is 81.2 Å². The summed E-state index contributed by atoms with van der Waals surface area (Å²) in [7, 11) is 0. The Morgan fingerprint density at radius 1 is 1.00 bits per heavy atom. The molecule has 2 heterocycles. The molecule has 192 valence electrons. The average Bonchev–Trinajstić information content (AvgIpc) is 2.85. The number of carbonyl (C=O) groups is 2. The van der Waals surface area contributed by atoms with Crippen LogP contribution in [0.2, 0.25) is 0 Å². The Kier molecular flexibility index (Phi) is 7.28. The van der Waals surface area contributed by atoms with Crippen LogP contribution in [0.25, 0.3) is 0 Å². The molecule has 6 rings (SSSR count). The van der Waals surface area contributed by atoms with Gasteiger partial charge in [0, 0.05) is 50.5 Å². The third kappa shape index (κ3) is 5.47. The molecule has 5 fully saturated rings. The van der Waals surface area contributed by atoms with Crippen LogP contribution < -0.4 is 15.5 Å². The molecule has 0 unspecified atom stereocenters. The summed E-state index contributed by atoms with van der Waals surface area (Å²) in [5.41, 5.74) is -0.213. The lowest BCUT2D eigenvalue weighted by Crippen LogP contribution is -2.58. The van der Waals surface area contributed by atoms with Crippen LogP contribution in [-0.4, -0.2) is 72.0 Å². The van der Waals surface area contributed by atoms with Crippen LogP contribution in [0.15, 0.2) is 18.5 Å². The van der Waals surface area contributed by atoms with Crippen molar-refractivity contribution in [3.63, 3.8) is 0 Å². The number of nitrogens with zero attached hydrogens (tertiary/aromatic N) is 4. The molecular formula is C27H42N6O2. The fourth-order valence-electron chi connectivity index (χ4n) is 7.47. The number of rotatable bonds is 9. The lowest BCUT2D eigenvalue weighted by Gasteiger charge is -2.55. The summed E-state index contributed by atoms with van der Waals surface area (Å²) < 4.78 is 0. The molecule has 1 aromatic heterocycles. The van der Waals surface area contributed by atoms with Crippen molar-refractivity contribution in [2.75, 3.05) is 44.2 Å². The van der Waals surface area contributed by atoms with Gasteiger partial charge >= 0.3 is 0 Å². The zero-order valence-electron chi connectivity index (χ0n) is 21.4. The number of anilines is 1. The summed E-state index contributed by atoms with van der Waals surface area (Å²) in [5.74, 6) is 3.15. The summed E-state index contributed by atoms with van der Waals surface area (Å²) >= 11 is 0. The van der Waals surface area contributed by atoms with Gasteiger partial charge in [0.15, 0.2) is 0 Å². The highest BCUT2D eigenvalue weighted by Crippen LogP contribution is 2.60. The first-order valence-corrected chi connectivity index (χ1v) is 13.7. The van der Waals surface area contributed by atoms with Crippen molar-refractivity contribution in [1.29, 1.82) is 0 Å². The molecule has 2 amide bonds. The van der Waals surface area contributed by atoms with E-state index in [0.29, 0.717) is 6.54 Å². The Labute approximate surface area is 209 Å². The Morgan fingerprint density at radius 3 is 2.17 bits per heavy atom. The minimum absolute atomic E-state index is 0.0378. The van der Waals surface area contributed by atoms with Crippen LogP contribution in [0.5, 0.6) is 0 Å². The van der Waals surface area contributed by atoms with Gasteiger partial charge in [0.2, 0.25) is 17.8 Å². The standard InChI is InChI=1S/C27H42N6O2/c1-19(2)23(31-25(35)27-16-20-13-21(17-27)15-22(14-20)18-27)24(34)28-7-4-8-32-9-11-33(12-10-32)26-29-5-3-6-30-26/h3,5-6,19-23H,4,7-18H2,1-2H3,(H,28,34)(H,31,35)/t20?,21?,22?,23-,27?/m0/s1. The highest BCUT2D eigenvalue weighted by Gasteiger charge is 2.55. The number of carbonyl (C=O) groups excluding carboxylic acids is 2. The smallest absolute Gasteiger partial charge is 0.242 e. The molecule has 4 bridgehead atoms. The maximum absolute atomic E-state index is 13.5. The van der Waals surface area contributed by atoms with E-state index in [9.17, 15) is 9.59 Å². The number of amides is 2. The molecule has 4 aliphatic carbocycles. The van der Waals surface area contributed by atoms with E-state index in [0.717, 1.165) is 82.1 Å². The Balaban J connectivity index is 1.05. The van der Waals surface area contributed by atoms with Crippen molar-refractivity contribution >= 4 is 17.8 Å². The number of hydrogen-bond donors (Lipinski definition) is 2. The Hall–Kier alpha value is -2.22. The van der Waals surface area contributed by atoms with Crippen LogP contribution in [0.4, 0.5) is 5.95 Å². The van der Waals surface area contributed by atoms with E-state index in [-0.39, 0.29) is 23.1 Å². The largest absolute Gasteiger partial charge is 0.354 e. The number of piperazine rings is 1. The van der Waals surface area contributed by atoms with Crippen molar-refractivity contribution < 1.29 is 9.59 Å². The van der Waals surface area contributed by atoms with Gasteiger partial charge in [-0.2, -0.15) is 0 Å². The molecule has 0 radical (unpaired) electrons. The fraction of sp³-hybridized carbons (Fsp3) is 0.778. The molecule has 2 N–H and O–H groups in total. The monoisotopic (exact) mass is 482 g/mol. The molecule has 0 spiro atoms. The molecule has 1 aliphatic heterocycles. The zero-order chi connectivity index (χ0) is 24.4. The Bertz CT molecular complexity index is 848. The lowest BCUT2D eigenvalue weighted by atomic mass is 9.49. The van der Waals surface area contributed by atoms with E-state index in [1.54, 1.807) is 12.4 Å². The molecule has 0 aromatic carbocycles. The molecule has 1 saturated heterocycles. The second-order valence-corrected chi connectivity index (χ2v) is 11.9. The predicted molar refractivity (Wildman–Crippen MR) is 136 cm³/mol. The molecule has 35 heavy (non-hydrogen) atoms. The molecular weight excluding hydrogens is 440 g/mol. The lowest BCUT2D eigenvalue weighted by molar-refractivity contribution is -0.149. The fourth-order valence-corrected chi connectivity index (χ4v) is 7.47. The van der Waals surface area contributed by atoms with E-state index in [1.165, 1.54) is 19.3 Å². The molecule has 5 aliphatic rings. The van der Waals surface area contributed by atoms with E-state index >= 15 is 0 Å². The van der Waals surface area contributed by atoms with E-state index in [2.05, 4.69) is 30.4 Å². The summed E-state index contributed by atoms with van der Waals surface area (Å²) in [4.78, 5) is 39.8. The highest BCUT2D eigenvalue weighted by molar-refractivity contribution is 5.90. The van der Waals surface area contributed by atoms with Crippen LogP contribution in [0.3, 0.4) is 0 Å².